The molecule has 6 heteroatoms. The third kappa shape index (κ3) is 3.49. The molecule has 0 spiro atoms. The van der Waals surface area contributed by atoms with Gasteiger partial charge in [-0.05, 0) is 55.8 Å². The van der Waals surface area contributed by atoms with Gasteiger partial charge in [-0.3, -0.25) is 10.2 Å². The van der Waals surface area contributed by atoms with Crippen LogP contribution in [0.2, 0.25) is 0 Å². The van der Waals surface area contributed by atoms with Crippen LogP contribution >= 0.6 is 0 Å². The number of benzene rings is 2. The number of Topliss-reactive ketones (excluding diaryl/α,β-unsaturated/α-hetero) is 1. The maximum atomic E-state index is 12.5. The molecule has 2 aromatic carbocycles. The van der Waals surface area contributed by atoms with E-state index >= 15 is 0 Å². The van der Waals surface area contributed by atoms with E-state index in [0.29, 0.717) is 42.7 Å². The first kappa shape index (κ1) is 17.8. The molecule has 1 aliphatic heterocycles. The van der Waals surface area contributed by atoms with Crippen molar-refractivity contribution in [2.75, 3.05) is 19.8 Å². The summed E-state index contributed by atoms with van der Waals surface area (Å²) in [5.41, 5.74) is 2.22. The molecule has 0 aromatic heterocycles. The Morgan fingerprint density at radius 1 is 1.12 bits per heavy atom. The van der Waals surface area contributed by atoms with Gasteiger partial charge in [0.05, 0.1) is 19.8 Å². The van der Waals surface area contributed by atoms with E-state index in [-0.39, 0.29) is 18.1 Å². The zero-order valence-corrected chi connectivity index (χ0v) is 14.9. The molecule has 26 heavy (non-hydrogen) atoms. The van der Waals surface area contributed by atoms with Crippen LogP contribution in [0.5, 0.6) is 17.2 Å². The van der Waals surface area contributed by atoms with Crippen molar-refractivity contribution in [1.82, 2.24) is 4.90 Å². The smallest absolute Gasteiger partial charge is 0.182 e. The fourth-order valence-electron chi connectivity index (χ4n) is 2.99. The van der Waals surface area contributed by atoms with Gasteiger partial charge in [-0.25, -0.2) is 0 Å². The quantitative estimate of drug-likeness (QED) is 0.746. The summed E-state index contributed by atoms with van der Waals surface area (Å²) < 4.78 is 11.3. The number of ketones is 1. The lowest BCUT2D eigenvalue weighted by Gasteiger charge is -2.16. The van der Waals surface area contributed by atoms with E-state index in [1.807, 2.05) is 26.0 Å². The van der Waals surface area contributed by atoms with E-state index in [9.17, 15) is 9.90 Å². The summed E-state index contributed by atoms with van der Waals surface area (Å²) in [6.45, 7) is 5.43. The van der Waals surface area contributed by atoms with Crippen molar-refractivity contribution in [2.45, 2.75) is 20.4 Å². The van der Waals surface area contributed by atoms with Crippen molar-refractivity contribution in [3.05, 3.63) is 53.1 Å². The first-order chi connectivity index (χ1) is 12.5. The predicted octanol–water partition coefficient (Wildman–Crippen LogP) is 3.21. The van der Waals surface area contributed by atoms with Crippen molar-refractivity contribution in [3.8, 4) is 17.2 Å². The van der Waals surface area contributed by atoms with Crippen LogP contribution in [-0.4, -0.2) is 41.4 Å². The maximum absolute atomic E-state index is 12.5. The van der Waals surface area contributed by atoms with Crippen LogP contribution in [0.25, 0.3) is 0 Å². The number of carbonyl (C=O) groups is 1. The molecule has 0 aliphatic carbocycles. The number of amidine groups is 1. The molecule has 136 valence electrons. The molecule has 0 saturated carbocycles. The molecule has 0 fully saturated rings. The lowest BCUT2D eigenvalue weighted by molar-refractivity contribution is 0.0962. The number of aromatic hydroxyl groups is 1. The number of hydrogen-bond acceptors (Lipinski definition) is 5. The Bertz CT molecular complexity index is 830. The van der Waals surface area contributed by atoms with Crippen LogP contribution < -0.4 is 9.47 Å². The van der Waals surface area contributed by atoms with Crippen LogP contribution in [0.4, 0.5) is 0 Å². The summed E-state index contributed by atoms with van der Waals surface area (Å²) in [6, 6.07) is 9.86. The number of phenols is 1. The fraction of sp³-hybridized carbons (Fsp3) is 0.300. The number of carbonyl (C=O) groups excluding carboxylic acids is 1. The van der Waals surface area contributed by atoms with Crippen LogP contribution in [0.15, 0.2) is 36.4 Å². The Labute approximate surface area is 152 Å². The van der Waals surface area contributed by atoms with Gasteiger partial charge in [0.25, 0.3) is 0 Å². The van der Waals surface area contributed by atoms with Gasteiger partial charge in [0.1, 0.15) is 11.6 Å². The highest BCUT2D eigenvalue weighted by molar-refractivity contribution is 6.05. The SMILES string of the molecule is CCOc1cc2c(cc1OCC)C(=N)N(CC(=O)c1ccc(O)cc1)C2. The molecule has 3 rings (SSSR count). The number of nitrogens with one attached hydrogen (secondary N) is 1. The number of fused-ring (bicyclic) bond motifs is 1. The van der Waals surface area contributed by atoms with Gasteiger partial charge in [-0.2, -0.15) is 0 Å². The zero-order chi connectivity index (χ0) is 18.7. The Kier molecular flexibility index (Phi) is 5.11. The summed E-state index contributed by atoms with van der Waals surface area (Å²) in [4.78, 5) is 14.2. The van der Waals surface area contributed by atoms with Crippen LogP contribution in [0.3, 0.4) is 0 Å². The Morgan fingerprint density at radius 3 is 2.35 bits per heavy atom. The minimum absolute atomic E-state index is 0.0994. The summed E-state index contributed by atoms with van der Waals surface area (Å²) in [5, 5.41) is 17.8. The van der Waals surface area contributed by atoms with Crippen LogP contribution in [0.1, 0.15) is 35.3 Å². The van der Waals surface area contributed by atoms with E-state index in [4.69, 9.17) is 14.9 Å². The molecule has 0 atom stereocenters. The standard InChI is InChI=1S/C20H22N2O4/c1-3-25-18-9-14-11-22(20(21)16(14)10-19(18)26-4-2)12-17(24)13-5-7-15(23)8-6-13/h5-10,21,23H,3-4,11-12H2,1-2H3. The van der Waals surface area contributed by atoms with Crippen molar-refractivity contribution in [3.63, 3.8) is 0 Å². The average molecular weight is 354 g/mol. The van der Waals surface area contributed by atoms with Gasteiger partial charge in [-0.1, -0.05) is 0 Å². The summed E-state index contributed by atoms with van der Waals surface area (Å²) in [7, 11) is 0. The second-order valence-electron chi connectivity index (χ2n) is 6.00. The third-order valence-corrected chi connectivity index (χ3v) is 4.23. The Balaban J connectivity index is 1.80. The molecule has 6 nitrogen and oxygen atoms in total. The predicted molar refractivity (Wildman–Crippen MR) is 98.5 cm³/mol. The molecule has 0 bridgehead atoms. The average Bonchev–Trinajstić information content (AvgIpc) is 2.91. The van der Waals surface area contributed by atoms with E-state index in [2.05, 4.69) is 0 Å². The molecule has 1 aliphatic rings. The van der Waals surface area contributed by atoms with E-state index in [1.54, 1.807) is 17.0 Å². The lowest BCUT2D eigenvalue weighted by Crippen LogP contribution is -2.30. The summed E-state index contributed by atoms with van der Waals surface area (Å²) in [6.07, 6.45) is 0. The number of ether oxygens (including phenoxy) is 2. The van der Waals surface area contributed by atoms with Gasteiger partial charge in [0, 0.05) is 17.7 Å². The van der Waals surface area contributed by atoms with Crippen molar-refractivity contribution in [1.29, 1.82) is 5.41 Å². The highest BCUT2D eigenvalue weighted by atomic mass is 16.5. The second kappa shape index (κ2) is 7.47. The Morgan fingerprint density at radius 2 is 1.73 bits per heavy atom. The number of phenolic OH excluding ortho intramolecular Hbond substituents is 1. The van der Waals surface area contributed by atoms with Crippen LogP contribution in [0, 0.1) is 5.41 Å². The molecular weight excluding hydrogens is 332 g/mol. The third-order valence-electron chi connectivity index (χ3n) is 4.23. The fourth-order valence-corrected chi connectivity index (χ4v) is 2.99. The van der Waals surface area contributed by atoms with E-state index in [1.165, 1.54) is 12.1 Å². The number of hydrogen-bond donors (Lipinski definition) is 2. The molecule has 2 aromatic rings. The van der Waals surface area contributed by atoms with Gasteiger partial charge in [0.2, 0.25) is 0 Å². The second-order valence-corrected chi connectivity index (χ2v) is 6.00. The molecule has 0 saturated heterocycles. The van der Waals surface area contributed by atoms with Crippen molar-refractivity contribution < 1.29 is 19.4 Å². The number of rotatable bonds is 7. The minimum Gasteiger partial charge on any atom is -0.508 e. The van der Waals surface area contributed by atoms with Crippen molar-refractivity contribution in [2.24, 2.45) is 0 Å². The molecule has 1 heterocycles. The van der Waals surface area contributed by atoms with Crippen LogP contribution in [-0.2, 0) is 6.54 Å². The van der Waals surface area contributed by atoms with Gasteiger partial charge < -0.3 is 19.5 Å². The maximum Gasteiger partial charge on any atom is 0.182 e. The molecular formula is C20H22N2O4. The first-order valence-corrected chi connectivity index (χ1v) is 8.62. The monoisotopic (exact) mass is 354 g/mol. The zero-order valence-electron chi connectivity index (χ0n) is 14.9. The summed E-state index contributed by atoms with van der Waals surface area (Å²) in [5.74, 6) is 1.60. The minimum atomic E-state index is -0.0994. The topological polar surface area (TPSA) is 82.9 Å². The number of nitrogens with zero attached hydrogens (tertiary/aromatic N) is 1. The molecule has 0 amide bonds. The summed E-state index contributed by atoms with van der Waals surface area (Å²) >= 11 is 0. The normalized spacial score (nSPS) is 12.8. The largest absolute Gasteiger partial charge is 0.508 e. The molecule has 0 radical (unpaired) electrons. The van der Waals surface area contributed by atoms with Gasteiger partial charge >= 0.3 is 0 Å². The molecule has 2 N–H and O–H groups in total. The van der Waals surface area contributed by atoms with E-state index < -0.39 is 0 Å². The molecule has 0 unspecified atom stereocenters. The van der Waals surface area contributed by atoms with Gasteiger partial charge in [0.15, 0.2) is 17.3 Å². The highest BCUT2D eigenvalue weighted by Crippen LogP contribution is 2.35. The van der Waals surface area contributed by atoms with Crippen molar-refractivity contribution >= 4 is 11.6 Å². The Hall–Kier alpha value is -3.02. The highest BCUT2D eigenvalue weighted by Gasteiger charge is 2.28. The first-order valence-electron chi connectivity index (χ1n) is 8.62. The van der Waals surface area contributed by atoms with E-state index in [0.717, 1.165) is 11.1 Å². The van der Waals surface area contributed by atoms with Gasteiger partial charge in [-0.15, -0.1) is 0 Å². The lowest BCUT2D eigenvalue weighted by atomic mass is 10.1.